The Balaban J connectivity index is 3.07. The Morgan fingerprint density at radius 1 is 0.682 bits per heavy atom. The van der Waals surface area contributed by atoms with E-state index in [0.717, 1.165) is 0 Å². The summed E-state index contributed by atoms with van der Waals surface area (Å²) in [4.78, 5) is 52.6. The molecule has 132 valence electrons. The van der Waals surface area contributed by atoms with Crippen molar-refractivity contribution in [3.8, 4) is 0 Å². The van der Waals surface area contributed by atoms with Crippen molar-refractivity contribution in [3.63, 3.8) is 0 Å². The van der Waals surface area contributed by atoms with E-state index in [9.17, 15) is 18.8 Å². The molecule has 7 N–H and O–H groups in total. The lowest BCUT2D eigenvalue weighted by atomic mass is 9.90. The lowest BCUT2D eigenvalue weighted by Gasteiger charge is -2.38. The van der Waals surface area contributed by atoms with Gasteiger partial charge in [-0.2, -0.15) is 0 Å². The van der Waals surface area contributed by atoms with Crippen LogP contribution in [0.4, 0.5) is 0 Å². The molecular weight excluding hydrogens is 373 g/mol. The molecule has 0 radical (unpaired) electrons. The maximum Gasteiger partial charge on any atom is 0.470 e. The van der Waals surface area contributed by atoms with E-state index >= 15 is 0 Å². The molecule has 0 aliphatic heterocycles. The number of hydrogen-bond acceptors (Lipinski definition) is 7. The van der Waals surface area contributed by atoms with Gasteiger partial charge in [0, 0.05) is 12.8 Å². The standard InChI is InChI=1S/C6H15O13P3/c7-3-1-4(17-20(8,9)10)6(19-22(14,15)16)5(2-3)18-21(11,12)13/h3-7H,1-2H2,(H2,8,9,10)(H2,11,12,13)(H2,14,15,16)/t3-,4-,5-,6-/m1/s1. The third-order valence-electron chi connectivity index (χ3n) is 2.55. The lowest BCUT2D eigenvalue weighted by Crippen LogP contribution is -2.49. The van der Waals surface area contributed by atoms with Crippen LogP contribution in [0, 0.1) is 0 Å². The maximum absolute atomic E-state index is 10.9. The Morgan fingerprint density at radius 2 is 1.00 bits per heavy atom. The number of aliphatic hydroxyl groups is 1. The Hall–Kier alpha value is 0.290. The molecule has 2 atom stereocenters. The van der Waals surface area contributed by atoms with Crippen LogP contribution >= 0.6 is 23.5 Å². The number of aliphatic hydroxyl groups excluding tert-OH is 1. The molecule has 0 heterocycles. The van der Waals surface area contributed by atoms with Crippen molar-refractivity contribution in [1.82, 2.24) is 0 Å². The summed E-state index contributed by atoms with van der Waals surface area (Å²) >= 11 is 0. The number of phosphoric ester groups is 3. The Morgan fingerprint density at radius 3 is 1.27 bits per heavy atom. The topological polar surface area (TPSA) is 221 Å². The van der Waals surface area contributed by atoms with E-state index in [-0.39, 0.29) is 0 Å². The summed E-state index contributed by atoms with van der Waals surface area (Å²) in [5.41, 5.74) is 0. The molecule has 16 heteroatoms. The minimum atomic E-state index is -5.21. The van der Waals surface area contributed by atoms with Crippen LogP contribution < -0.4 is 0 Å². The first kappa shape index (κ1) is 20.3. The summed E-state index contributed by atoms with van der Waals surface area (Å²) in [6, 6.07) is 0. The first-order chi connectivity index (χ1) is 9.66. The summed E-state index contributed by atoms with van der Waals surface area (Å²) in [6.45, 7) is 0. The van der Waals surface area contributed by atoms with E-state index < -0.39 is 60.7 Å². The highest BCUT2D eigenvalue weighted by atomic mass is 31.2. The highest BCUT2D eigenvalue weighted by Crippen LogP contribution is 2.49. The van der Waals surface area contributed by atoms with Crippen molar-refractivity contribution in [2.24, 2.45) is 0 Å². The Labute approximate surface area is 123 Å². The van der Waals surface area contributed by atoms with E-state index in [4.69, 9.17) is 29.4 Å². The SMILES string of the molecule is O=P(O)(O)O[C@@H]1C[C@H](O)C[C@@H](OP(=O)(O)O)[C@H]1OP(=O)(O)O. The van der Waals surface area contributed by atoms with Gasteiger partial charge in [-0.1, -0.05) is 0 Å². The highest BCUT2D eigenvalue weighted by Gasteiger charge is 2.47. The average molecular weight is 388 g/mol. The molecule has 0 aromatic carbocycles. The van der Waals surface area contributed by atoms with Crippen molar-refractivity contribution < 1.29 is 61.7 Å². The molecule has 22 heavy (non-hydrogen) atoms. The van der Waals surface area contributed by atoms with Gasteiger partial charge in [-0.3, -0.25) is 13.6 Å². The maximum atomic E-state index is 10.9. The van der Waals surface area contributed by atoms with Crippen molar-refractivity contribution in [3.05, 3.63) is 0 Å². The van der Waals surface area contributed by atoms with E-state index in [1.807, 2.05) is 0 Å². The fraction of sp³-hybridized carbons (Fsp3) is 1.00. The molecule has 1 fully saturated rings. The van der Waals surface area contributed by atoms with Crippen LogP contribution in [0.15, 0.2) is 0 Å². The third-order valence-corrected chi connectivity index (χ3v) is 4.15. The minimum absolute atomic E-state index is 0.503. The summed E-state index contributed by atoms with van der Waals surface area (Å²) in [5, 5.41) is 9.54. The van der Waals surface area contributed by atoms with Crippen LogP contribution in [0.25, 0.3) is 0 Å². The molecule has 1 rings (SSSR count). The van der Waals surface area contributed by atoms with Crippen LogP contribution in [0.1, 0.15) is 12.8 Å². The van der Waals surface area contributed by atoms with Gasteiger partial charge in [0.25, 0.3) is 0 Å². The van der Waals surface area contributed by atoms with E-state index in [0.29, 0.717) is 0 Å². The van der Waals surface area contributed by atoms with Crippen LogP contribution in [-0.4, -0.2) is 58.9 Å². The predicted molar refractivity (Wildman–Crippen MR) is 66.0 cm³/mol. The van der Waals surface area contributed by atoms with Gasteiger partial charge in [-0.15, -0.1) is 0 Å². The van der Waals surface area contributed by atoms with Gasteiger partial charge < -0.3 is 34.5 Å². The number of hydrogen-bond donors (Lipinski definition) is 7. The molecule has 0 amide bonds. The monoisotopic (exact) mass is 388 g/mol. The molecule has 0 saturated heterocycles. The fourth-order valence-electron chi connectivity index (χ4n) is 1.99. The van der Waals surface area contributed by atoms with Crippen LogP contribution in [0.3, 0.4) is 0 Å². The molecule has 1 aliphatic rings. The van der Waals surface area contributed by atoms with Crippen LogP contribution in [-0.2, 0) is 27.3 Å². The van der Waals surface area contributed by atoms with E-state index in [1.165, 1.54) is 0 Å². The van der Waals surface area contributed by atoms with Gasteiger partial charge in [0.2, 0.25) is 0 Å². The average Bonchev–Trinajstić information content (AvgIpc) is 2.16. The van der Waals surface area contributed by atoms with E-state index in [1.54, 1.807) is 0 Å². The number of rotatable bonds is 6. The molecule has 1 saturated carbocycles. The first-order valence-corrected chi connectivity index (χ1v) is 10.2. The van der Waals surface area contributed by atoms with Crippen LogP contribution in [0.5, 0.6) is 0 Å². The van der Waals surface area contributed by atoms with Gasteiger partial charge in [0.05, 0.1) is 6.10 Å². The summed E-state index contributed by atoms with van der Waals surface area (Å²) in [6.07, 6.45) is -7.83. The summed E-state index contributed by atoms with van der Waals surface area (Å²) in [5.74, 6) is 0. The molecule has 0 spiro atoms. The van der Waals surface area contributed by atoms with Gasteiger partial charge >= 0.3 is 23.5 Å². The van der Waals surface area contributed by atoms with Gasteiger partial charge in [-0.05, 0) is 0 Å². The molecule has 1 aliphatic carbocycles. The third kappa shape index (κ3) is 7.71. The highest BCUT2D eigenvalue weighted by molar-refractivity contribution is 7.47. The van der Waals surface area contributed by atoms with Gasteiger partial charge in [0.1, 0.15) is 18.3 Å². The summed E-state index contributed by atoms with van der Waals surface area (Å²) < 4.78 is 45.4. The molecule has 0 aromatic heterocycles. The smallest absolute Gasteiger partial charge is 0.393 e. The molecule has 13 nitrogen and oxygen atoms in total. The zero-order valence-corrected chi connectivity index (χ0v) is 13.3. The van der Waals surface area contributed by atoms with Crippen molar-refractivity contribution in [2.75, 3.05) is 0 Å². The Bertz CT molecular complexity index is 482. The first-order valence-electron chi connectivity index (χ1n) is 5.56. The second-order valence-electron chi connectivity index (χ2n) is 4.45. The zero-order valence-electron chi connectivity index (χ0n) is 10.6. The molecule has 0 unspecified atom stereocenters. The van der Waals surface area contributed by atoms with E-state index in [2.05, 4.69) is 13.6 Å². The van der Waals surface area contributed by atoms with Gasteiger partial charge in [-0.25, -0.2) is 13.7 Å². The normalized spacial score (nSPS) is 31.2. The summed E-state index contributed by atoms with van der Waals surface area (Å²) in [7, 11) is -15.5. The van der Waals surface area contributed by atoms with Gasteiger partial charge in [0.15, 0.2) is 0 Å². The lowest BCUT2D eigenvalue weighted by molar-refractivity contribution is -0.106. The fourth-order valence-corrected chi connectivity index (χ4v) is 3.70. The quantitative estimate of drug-likeness (QED) is 0.260. The molecule has 0 bridgehead atoms. The van der Waals surface area contributed by atoms with Crippen LogP contribution in [0.2, 0.25) is 0 Å². The molecular formula is C6H15O13P3. The predicted octanol–water partition coefficient (Wildman–Crippen LogP) is -1.43. The Kier molecular flexibility index (Phi) is 6.51. The largest absolute Gasteiger partial charge is 0.470 e. The van der Waals surface area contributed by atoms with Crippen molar-refractivity contribution in [1.29, 1.82) is 0 Å². The minimum Gasteiger partial charge on any atom is -0.393 e. The zero-order chi connectivity index (χ0) is 17.3. The molecule has 0 aromatic rings. The number of phosphoric acid groups is 3. The van der Waals surface area contributed by atoms with Crippen molar-refractivity contribution >= 4 is 23.5 Å². The van der Waals surface area contributed by atoms with Crippen molar-refractivity contribution in [2.45, 2.75) is 37.3 Å². The second kappa shape index (κ2) is 7.04. The second-order valence-corrected chi connectivity index (χ2v) is 8.03.